The minimum Gasteiger partial charge on any atom is -0.351 e. The molecule has 2 N–H and O–H groups in total. The van der Waals surface area contributed by atoms with Crippen molar-refractivity contribution >= 4 is 21.7 Å². The second-order valence-corrected chi connectivity index (χ2v) is 7.22. The van der Waals surface area contributed by atoms with E-state index in [-0.39, 0.29) is 11.6 Å². The minimum absolute atomic E-state index is 0.105. The van der Waals surface area contributed by atoms with Crippen molar-refractivity contribution in [2.75, 3.05) is 35.8 Å². The van der Waals surface area contributed by atoms with Gasteiger partial charge >= 0.3 is 6.18 Å². The van der Waals surface area contributed by atoms with Crippen LogP contribution in [0.2, 0.25) is 0 Å². The van der Waals surface area contributed by atoms with Crippen LogP contribution in [0.15, 0.2) is 41.6 Å². The molecule has 1 aromatic carbocycles. The number of aromatic nitrogens is 2. The van der Waals surface area contributed by atoms with Gasteiger partial charge in [0.1, 0.15) is 0 Å². The Balaban J connectivity index is 1.97. The van der Waals surface area contributed by atoms with E-state index in [1.807, 2.05) is 4.90 Å². The lowest BCUT2D eigenvalue weighted by Gasteiger charge is -2.29. The van der Waals surface area contributed by atoms with Crippen molar-refractivity contribution < 1.29 is 21.6 Å². The molecule has 1 saturated heterocycles. The van der Waals surface area contributed by atoms with Crippen molar-refractivity contribution in [2.45, 2.75) is 11.1 Å². The molecule has 2 heterocycles. The number of anilines is 2. The van der Waals surface area contributed by atoms with Crippen LogP contribution in [0.1, 0.15) is 5.56 Å². The Hall–Kier alpha value is -2.40. The Labute approximate surface area is 148 Å². The van der Waals surface area contributed by atoms with E-state index in [1.165, 1.54) is 18.5 Å². The number of benzene rings is 1. The van der Waals surface area contributed by atoms with Crippen LogP contribution in [0.5, 0.6) is 0 Å². The molecular weight excluding hydrogens is 371 g/mol. The topological polar surface area (TPSA) is 87.2 Å². The summed E-state index contributed by atoms with van der Waals surface area (Å²) in [6, 6.07) is 4.00. The van der Waals surface area contributed by atoms with Crippen LogP contribution >= 0.6 is 0 Å². The normalized spacial score (nSPS) is 15.7. The number of piperazine rings is 1. The van der Waals surface area contributed by atoms with Crippen molar-refractivity contribution in [3.8, 4) is 0 Å². The number of alkyl halides is 3. The second kappa shape index (κ2) is 7.08. The summed E-state index contributed by atoms with van der Waals surface area (Å²) in [6.07, 6.45) is -2.12. The smallest absolute Gasteiger partial charge is 0.351 e. The Morgan fingerprint density at radius 2 is 1.73 bits per heavy atom. The molecule has 0 saturated carbocycles. The van der Waals surface area contributed by atoms with E-state index in [0.717, 1.165) is 18.2 Å². The molecular formula is C15H16F3N5O2S. The van der Waals surface area contributed by atoms with E-state index in [2.05, 4.69) is 20.0 Å². The average Bonchev–Trinajstić information content (AvgIpc) is 2.62. The van der Waals surface area contributed by atoms with E-state index in [9.17, 15) is 21.6 Å². The van der Waals surface area contributed by atoms with Gasteiger partial charge in [-0.25, -0.2) is 18.4 Å². The van der Waals surface area contributed by atoms with Crippen LogP contribution in [0.25, 0.3) is 0 Å². The number of rotatable bonds is 4. The molecule has 0 spiro atoms. The van der Waals surface area contributed by atoms with Gasteiger partial charge in [0.15, 0.2) is 11.6 Å². The molecule has 0 aliphatic carbocycles. The van der Waals surface area contributed by atoms with E-state index < -0.39 is 26.7 Å². The highest BCUT2D eigenvalue weighted by atomic mass is 32.2. The number of nitrogens with zero attached hydrogens (tertiary/aromatic N) is 3. The first-order valence-electron chi connectivity index (χ1n) is 7.75. The average molecular weight is 387 g/mol. The van der Waals surface area contributed by atoms with Crippen LogP contribution < -0.4 is 14.9 Å². The van der Waals surface area contributed by atoms with E-state index in [0.29, 0.717) is 26.2 Å². The number of hydrogen-bond donors (Lipinski definition) is 2. The molecule has 7 nitrogen and oxygen atoms in total. The maximum Gasteiger partial charge on any atom is 0.417 e. The van der Waals surface area contributed by atoms with Gasteiger partial charge in [-0.3, -0.25) is 4.72 Å². The predicted octanol–water partition coefficient (Wildman–Crippen LogP) is 1.71. The third-order valence-corrected chi connectivity index (χ3v) is 5.21. The van der Waals surface area contributed by atoms with Crippen molar-refractivity contribution in [1.82, 2.24) is 15.3 Å². The van der Waals surface area contributed by atoms with Gasteiger partial charge in [-0.15, -0.1) is 0 Å². The van der Waals surface area contributed by atoms with Crippen molar-refractivity contribution in [2.24, 2.45) is 0 Å². The van der Waals surface area contributed by atoms with E-state index in [4.69, 9.17) is 0 Å². The molecule has 1 aliphatic rings. The number of hydrogen-bond acceptors (Lipinski definition) is 6. The van der Waals surface area contributed by atoms with E-state index in [1.54, 1.807) is 0 Å². The first-order valence-corrected chi connectivity index (χ1v) is 9.23. The third kappa shape index (κ3) is 3.88. The fraction of sp³-hybridized carbons (Fsp3) is 0.333. The first kappa shape index (κ1) is 18.4. The van der Waals surface area contributed by atoms with Gasteiger partial charge in [-0.1, -0.05) is 12.1 Å². The van der Waals surface area contributed by atoms with Gasteiger partial charge in [0.2, 0.25) is 0 Å². The highest BCUT2D eigenvalue weighted by Gasteiger charge is 2.37. The summed E-state index contributed by atoms with van der Waals surface area (Å²) >= 11 is 0. The highest BCUT2D eigenvalue weighted by molar-refractivity contribution is 7.92. The molecule has 140 valence electrons. The lowest BCUT2D eigenvalue weighted by atomic mass is 10.2. The van der Waals surface area contributed by atoms with E-state index >= 15 is 0 Å². The molecule has 0 amide bonds. The SMILES string of the molecule is O=S(=O)(Nc1nccnc1N1CCNCC1)c1ccccc1C(F)(F)F. The summed E-state index contributed by atoms with van der Waals surface area (Å²) in [5, 5.41) is 3.15. The highest BCUT2D eigenvalue weighted by Crippen LogP contribution is 2.35. The monoisotopic (exact) mass is 387 g/mol. The Morgan fingerprint density at radius 3 is 2.42 bits per heavy atom. The largest absolute Gasteiger partial charge is 0.417 e. The molecule has 0 atom stereocenters. The van der Waals surface area contributed by atoms with Crippen molar-refractivity contribution in [1.29, 1.82) is 0 Å². The number of halogens is 3. The van der Waals surface area contributed by atoms with Crippen LogP contribution in [0, 0.1) is 0 Å². The summed E-state index contributed by atoms with van der Waals surface area (Å²) in [5.41, 5.74) is -1.24. The zero-order chi connectivity index (χ0) is 18.8. The fourth-order valence-electron chi connectivity index (χ4n) is 2.63. The molecule has 11 heteroatoms. The molecule has 0 radical (unpaired) electrons. The van der Waals surface area contributed by atoms with Gasteiger partial charge in [-0.05, 0) is 12.1 Å². The molecule has 0 unspecified atom stereocenters. The van der Waals surface area contributed by atoms with Crippen molar-refractivity contribution in [3.63, 3.8) is 0 Å². The zero-order valence-electron chi connectivity index (χ0n) is 13.5. The summed E-state index contributed by atoms with van der Waals surface area (Å²) in [7, 11) is -4.50. The van der Waals surface area contributed by atoms with Gasteiger partial charge in [-0.2, -0.15) is 13.2 Å². The summed E-state index contributed by atoms with van der Waals surface area (Å²) < 4.78 is 66.8. The Morgan fingerprint density at radius 1 is 1.08 bits per heavy atom. The molecule has 0 bridgehead atoms. The maximum atomic E-state index is 13.2. The second-order valence-electron chi connectivity index (χ2n) is 5.57. The lowest BCUT2D eigenvalue weighted by molar-refractivity contribution is -0.139. The van der Waals surface area contributed by atoms with Gasteiger partial charge in [0.05, 0.1) is 10.5 Å². The minimum atomic E-state index is -4.80. The van der Waals surface area contributed by atoms with Gasteiger partial charge in [0.25, 0.3) is 10.0 Å². The summed E-state index contributed by atoms with van der Waals surface area (Å²) in [5.74, 6) is 0.174. The van der Waals surface area contributed by atoms with Crippen LogP contribution in [-0.4, -0.2) is 44.6 Å². The van der Waals surface area contributed by atoms with Crippen molar-refractivity contribution in [3.05, 3.63) is 42.2 Å². The first-order chi connectivity index (χ1) is 12.3. The maximum absolute atomic E-state index is 13.2. The lowest BCUT2D eigenvalue weighted by Crippen LogP contribution is -2.44. The summed E-state index contributed by atoms with van der Waals surface area (Å²) in [6.45, 7) is 2.51. The Kier molecular flexibility index (Phi) is 5.01. The van der Waals surface area contributed by atoms with Gasteiger partial charge < -0.3 is 10.2 Å². The van der Waals surface area contributed by atoms with Crippen LogP contribution in [-0.2, 0) is 16.2 Å². The Bertz CT molecular complexity index is 883. The molecule has 3 rings (SSSR count). The fourth-order valence-corrected chi connectivity index (χ4v) is 3.87. The number of nitrogens with one attached hydrogen (secondary N) is 2. The van der Waals surface area contributed by atoms with Gasteiger partial charge in [0, 0.05) is 38.6 Å². The molecule has 1 aromatic heterocycles. The summed E-state index contributed by atoms with van der Waals surface area (Å²) in [4.78, 5) is 9.06. The van der Waals surface area contributed by atoms with Crippen LogP contribution in [0.3, 0.4) is 0 Å². The zero-order valence-corrected chi connectivity index (χ0v) is 14.3. The quantitative estimate of drug-likeness (QED) is 0.831. The number of sulfonamides is 1. The molecule has 26 heavy (non-hydrogen) atoms. The third-order valence-electron chi connectivity index (χ3n) is 3.81. The van der Waals surface area contributed by atoms with Crippen LogP contribution in [0.4, 0.5) is 24.8 Å². The molecule has 2 aromatic rings. The standard InChI is InChI=1S/C15H16F3N5O2S/c16-15(17,18)11-3-1-2-4-12(11)26(24,25)22-13-14(21-6-5-20-13)23-9-7-19-8-10-23/h1-6,19H,7-10H2,(H,20,22). The molecule has 1 fully saturated rings. The molecule has 1 aliphatic heterocycles. The predicted molar refractivity (Wildman–Crippen MR) is 89.4 cm³/mol.